The summed E-state index contributed by atoms with van der Waals surface area (Å²) in [5.74, 6) is -0.423. The maximum atomic E-state index is 12.1. The van der Waals surface area contributed by atoms with Crippen molar-refractivity contribution in [2.45, 2.75) is 44.8 Å². The maximum Gasteiger partial charge on any atom is 0.242 e. The first-order valence-corrected chi connectivity index (χ1v) is 6.89. The Balaban J connectivity index is 1.85. The van der Waals surface area contributed by atoms with Gasteiger partial charge >= 0.3 is 0 Å². The van der Waals surface area contributed by atoms with Gasteiger partial charge in [0.05, 0.1) is 6.04 Å². The molecule has 1 saturated heterocycles. The molecule has 0 radical (unpaired) electrons. The Hall–Kier alpha value is -1.14. The molecule has 2 amide bonds. The predicted octanol–water partition coefficient (Wildman–Crippen LogP) is -0.951. The van der Waals surface area contributed by atoms with Crippen LogP contribution in [0.15, 0.2) is 0 Å². The van der Waals surface area contributed by atoms with Crippen LogP contribution in [0.25, 0.3) is 0 Å². The summed E-state index contributed by atoms with van der Waals surface area (Å²) in [4.78, 5) is 25.8. The summed E-state index contributed by atoms with van der Waals surface area (Å²) in [6.07, 6.45) is 2.37. The summed E-state index contributed by atoms with van der Waals surface area (Å²) < 4.78 is 0. The van der Waals surface area contributed by atoms with Crippen LogP contribution in [-0.4, -0.2) is 55.0 Å². The first kappa shape index (κ1) is 14.3. The highest BCUT2D eigenvalue weighted by molar-refractivity contribution is 5.89. The van der Waals surface area contributed by atoms with Crippen molar-refractivity contribution in [3.05, 3.63) is 0 Å². The van der Waals surface area contributed by atoms with Crippen molar-refractivity contribution >= 4 is 11.8 Å². The predicted molar refractivity (Wildman–Crippen MR) is 72.3 cm³/mol. The van der Waals surface area contributed by atoms with Gasteiger partial charge in [-0.05, 0) is 33.7 Å². The zero-order valence-corrected chi connectivity index (χ0v) is 11.9. The fourth-order valence-corrected chi connectivity index (χ4v) is 2.79. The highest BCUT2D eigenvalue weighted by Crippen LogP contribution is 2.52. The van der Waals surface area contributed by atoms with E-state index in [4.69, 9.17) is 5.73 Å². The van der Waals surface area contributed by atoms with Gasteiger partial charge in [-0.1, -0.05) is 0 Å². The quantitative estimate of drug-likeness (QED) is 0.613. The molecule has 1 aliphatic heterocycles. The molecular weight excluding hydrogens is 244 g/mol. The largest absolute Gasteiger partial charge is 0.350 e. The number of nitrogens with one attached hydrogen (secondary N) is 2. The molecule has 0 aromatic rings. The summed E-state index contributed by atoms with van der Waals surface area (Å²) >= 11 is 0. The van der Waals surface area contributed by atoms with E-state index in [1.807, 2.05) is 0 Å². The van der Waals surface area contributed by atoms with Gasteiger partial charge in [-0.15, -0.1) is 0 Å². The van der Waals surface area contributed by atoms with E-state index < -0.39 is 12.1 Å². The summed E-state index contributed by atoms with van der Waals surface area (Å²) in [5, 5.41) is 5.69. The number of carbonyl (C=O) groups is 2. The average molecular weight is 268 g/mol. The molecule has 108 valence electrons. The molecule has 6 nitrogen and oxygen atoms in total. The van der Waals surface area contributed by atoms with Gasteiger partial charge in [-0.2, -0.15) is 0 Å². The second kappa shape index (κ2) is 5.09. The van der Waals surface area contributed by atoms with Crippen molar-refractivity contribution in [3.63, 3.8) is 0 Å². The van der Waals surface area contributed by atoms with Crippen LogP contribution in [0, 0.1) is 5.41 Å². The Labute approximate surface area is 114 Å². The normalized spacial score (nSPS) is 27.9. The van der Waals surface area contributed by atoms with Crippen molar-refractivity contribution in [1.82, 2.24) is 15.5 Å². The monoisotopic (exact) mass is 268 g/mol. The highest BCUT2D eigenvalue weighted by atomic mass is 16.2. The number of amides is 2. The van der Waals surface area contributed by atoms with Crippen LogP contribution in [0.1, 0.15) is 26.7 Å². The van der Waals surface area contributed by atoms with Gasteiger partial charge in [0.15, 0.2) is 0 Å². The lowest BCUT2D eigenvalue weighted by molar-refractivity contribution is -0.129. The van der Waals surface area contributed by atoms with Gasteiger partial charge in [-0.25, -0.2) is 0 Å². The zero-order chi connectivity index (χ0) is 14.2. The third-order valence-electron chi connectivity index (χ3n) is 4.19. The van der Waals surface area contributed by atoms with Crippen molar-refractivity contribution in [1.29, 1.82) is 0 Å². The SMILES string of the molecule is C[C@H](N)C(=O)N[C@@H](C)C(=O)N[C@H]1CN(C)CC12CC2. The van der Waals surface area contributed by atoms with E-state index in [0.29, 0.717) is 0 Å². The molecule has 1 heterocycles. The molecule has 1 spiro atoms. The van der Waals surface area contributed by atoms with Crippen molar-refractivity contribution in [2.24, 2.45) is 11.1 Å². The third kappa shape index (κ3) is 3.06. The lowest BCUT2D eigenvalue weighted by Crippen LogP contribution is -2.53. The fraction of sp³-hybridized carbons (Fsp3) is 0.846. The van der Waals surface area contributed by atoms with E-state index in [9.17, 15) is 9.59 Å². The smallest absolute Gasteiger partial charge is 0.242 e. The number of nitrogens with two attached hydrogens (primary N) is 1. The number of rotatable bonds is 4. The first-order valence-electron chi connectivity index (χ1n) is 6.89. The molecule has 1 saturated carbocycles. The topological polar surface area (TPSA) is 87.5 Å². The molecule has 1 aliphatic carbocycles. The number of likely N-dealkylation sites (N-methyl/N-ethyl adjacent to an activating group) is 1. The molecule has 0 aromatic carbocycles. The summed E-state index contributed by atoms with van der Waals surface area (Å²) in [7, 11) is 2.08. The van der Waals surface area contributed by atoms with Gasteiger partial charge in [0, 0.05) is 24.5 Å². The van der Waals surface area contributed by atoms with Gasteiger partial charge in [0.1, 0.15) is 6.04 Å². The lowest BCUT2D eigenvalue weighted by atomic mass is 10.0. The Kier molecular flexibility index (Phi) is 3.82. The van der Waals surface area contributed by atoms with E-state index in [1.54, 1.807) is 13.8 Å². The molecule has 2 rings (SSSR count). The Bertz CT molecular complexity index is 379. The van der Waals surface area contributed by atoms with Crippen LogP contribution in [0.5, 0.6) is 0 Å². The minimum Gasteiger partial charge on any atom is -0.350 e. The standard InChI is InChI=1S/C13H24N4O2/c1-8(14)11(18)15-9(2)12(19)16-10-6-17(3)7-13(10)4-5-13/h8-10H,4-7,14H2,1-3H3,(H,15,18)(H,16,19)/t8-,9-,10-/m0/s1. The summed E-state index contributed by atoms with van der Waals surface area (Å²) in [6.45, 7) is 5.23. The minimum atomic E-state index is -0.595. The summed E-state index contributed by atoms with van der Waals surface area (Å²) in [6, 6.07) is -0.928. The Morgan fingerprint density at radius 2 is 1.95 bits per heavy atom. The number of hydrogen-bond donors (Lipinski definition) is 3. The molecule has 4 N–H and O–H groups in total. The number of carbonyl (C=O) groups excluding carboxylic acids is 2. The van der Waals surface area contributed by atoms with Gasteiger partial charge in [-0.3, -0.25) is 9.59 Å². The molecule has 2 fully saturated rings. The molecule has 0 bridgehead atoms. The van der Waals surface area contributed by atoms with Crippen molar-refractivity contribution < 1.29 is 9.59 Å². The fourth-order valence-electron chi connectivity index (χ4n) is 2.79. The molecule has 3 atom stereocenters. The van der Waals surface area contributed by atoms with E-state index >= 15 is 0 Å². The first-order chi connectivity index (χ1) is 8.84. The lowest BCUT2D eigenvalue weighted by Gasteiger charge is -2.22. The van der Waals surface area contributed by atoms with Crippen LogP contribution in [0.3, 0.4) is 0 Å². The van der Waals surface area contributed by atoms with Crippen LogP contribution < -0.4 is 16.4 Å². The zero-order valence-electron chi connectivity index (χ0n) is 11.9. The van der Waals surface area contributed by atoms with Crippen molar-refractivity contribution in [2.75, 3.05) is 20.1 Å². The Morgan fingerprint density at radius 3 is 2.47 bits per heavy atom. The number of hydrogen-bond acceptors (Lipinski definition) is 4. The molecule has 0 aromatic heterocycles. The highest BCUT2D eigenvalue weighted by Gasteiger charge is 2.54. The molecule has 0 unspecified atom stereocenters. The molecule has 19 heavy (non-hydrogen) atoms. The second-order valence-corrected chi connectivity index (χ2v) is 6.14. The van der Waals surface area contributed by atoms with Gasteiger partial charge < -0.3 is 21.3 Å². The van der Waals surface area contributed by atoms with E-state index in [1.165, 1.54) is 12.8 Å². The average Bonchev–Trinajstić information content (AvgIpc) is 3.01. The Morgan fingerprint density at radius 1 is 1.32 bits per heavy atom. The van der Waals surface area contributed by atoms with Gasteiger partial charge in [0.2, 0.25) is 11.8 Å². The summed E-state index contributed by atoms with van der Waals surface area (Å²) in [5.41, 5.74) is 5.76. The van der Waals surface area contributed by atoms with Crippen LogP contribution in [0.4, 0.5) is 0 Å². The number of likely N-dealkylation sites (tertiary alicyclic amines) is 1. The molecule has 6 heteroatoms. The maximum absolute atomic E-state index is 12.1. The second-order valence-electron chi connectivity index (χ2n) is 6.14. The molecule has 2 aliphatic rings. The van der Waals surface area contributed by atoms with Gasteiger partial charge in [0.25, 0.3) is 0 Å². The van der Waals surface area contributed by atoms with E-state index in [-0.39, 0.29) is 23.3 Å². The minimum absolute atomic E-state index is 0.124. The third-order valence-corrected chi connectivity index (χ3v) is 4.19. The van der Waals surface area contributed by atoms with E-state index in [2.05, 4.69) is 22.6 Å². The molecular formula is C13H24N4O2. The van der Waals surface area contributed by atoms with E-state index in [0.717, 1.165) is 13.1 Å². The number of nitrogens with zero attached hydrogens (tertiary/aromatic N) is 1. The van der Waals surface area contributed by atoms with Crippen LogP contribution in [-0.2, 0) is 9.59 Å². The van der Waals surface area contributed by atoms with Crippen molar-refractivity contribution in [3.8, 4) is 0 Å². The van der Waals surface area contributed by atoms with Crippen LogP contribution in [0.2, 0.25) is 0 Å². The van der Waals surface area contributed by atoms with Crippen LogP contribution >= 0.6 is 0 Å².